The molecule has 150 valence electrons. The molecule has 2 N–H and O–H groups in total. The van der Waals surface area contributed by atoms with Crippen LogP contribution in [0.15, 0.2) is 22.5 Å². The molecule has 1 saturated heterocycles. The number of hydrogen-bond donors (Lipinski definition) is 2. The summed E-state index contributed by atoms with van der Waals surface area (Å²) in [6.45, 7) is 6.67. The van der Waals surface area contributed by atoms with Gasteiger partial charge in [-0.15, -0.1) is 35.3 Å². The van der Waals surface area contributed by atoms with E-state index in [2.05, 4.69) is 47.0 Å². The Kier molecular flexibility index (Phi) is 10.2. The van der Waals surface area contributed by atoms with Crippen LogP contribution in [-0.2, 0) is 15.4 Å². The van der Waals surface area contributed by atoms with Crippen molar-refractivity contribution in [3.8, 4) is 0 Å². The van der Waals surface area contributed by atoms with Gasteiger partial charge in [0.2, 0.25) is 10.0 Å². The van der Waals surface area contributed by atoms with Crippen LogP contribution in [0.1, 0.15) is 18.7 Å². The molecule has 0 radical (unpaired) electrons. The molecule has 0 atom stereocenters. The number of sulfonamides is 1. The first-order valence-electron chi connectivity index (χ1n) is 8.39. The maximum atomic E-state index is 12.3. The summed E-state index contributed by atoms with van der Waals surface area (Å²) in [7, 11) is -1.49. The molecule has 0 bridgehead atoms. The van der Waals surface area contributed by atoms with Crippen molar-refractivity contribution < 1.29 is 8.42 Å². The number of guanidine groups is 1. The van der Waals surface area contributed by atoms with Gasteiger partial charge in [0.15, 0.2) is 5.96 Å². The van der Waals surface area contributed by atoms with Crippen LogP contribution in [-0.4, -0.2) is 69.2 Å². The summed E-state index contributed by atoms with van der Waals surface area (Å²) in [4.78, 5) is 5.50. The average Bonchev–Trinajstić information content (AvgIpc) is 3.14. The summed E-state index contributed by atoms with van der Waals surface area (Å²) in [5.74, 6) is 2.49. The second-order valence-corrected chi connectivity index (χ2v) is 10.8. The normalized spacial score (nSPS) is 16.8. The second-order valence-electron chi connectivity index (χ2n) is 6.54. The Hall–Kier alpha value is -0.0400. The molecule has 1 aromatic rings. The summed E-state index contributed by atoms with van der Waals surface area (Å²) in [6, 6.07) is 4.19. The van der Waals surface area contributed by atoms with Crippen LogP contribution in [0, 0.1) is 0 Å². The zero-order chi connectivity index (χ0) is 18.3. The molecule has 26 heavy (non-hydrogen) atoms. The molecular formula is C16H29IN4O2S3. The number of nitrogens with zero attached hydrogens (tertiary/aromatic N) is 2. The molecule has 0 spiro atoms. The number of rotatable bonds is 7. The van der Waals surface area contributed by atoms with Gasteiger partial charge in [-0.2, -0.15) is 11.8 Å². The van der Waals surface area contributed by atoms with E-state index in [9.17, 15) is 8.42 Å². The van der Waals surface area contributed by atoms with Crippen LogP contribution < -0.4 is 10.6 Å². The van der Waals surface area contributed by atoms with Crippen molar-refractivity contribution in [1.29, 1.82) is 0 Å². The van der Waals surface area contributed by atoms with Crippen LogP contribution in [0.2, 0.25) is 0 Å². The van der Waals surface area contributed by atoms with Crippen LogP contribution in [0.4, 0.5) is 0 Å². The second kappa shape index (κ2) is 11.1. The fourth-order valence-electron chi connectivity index (χ4n) is 2.53. The molecule has 1 aliphatic heterocycles. The molecule has 6 nitrogen and oxygen atoms in total. The monoisotopic (exact) mass is 532 g/mol. The largest absolute Gasteiger partial charge is 0.356 e. The quantitative estimate of drug-likeness (QED) is 0.320. The topological polar surface area (TPSA) is 73.8 Å². The van der Waals surface area contributed by atoms with E-state index >= 15 is 0 Å². The van der Waals surface area contributed by atoms with E-state index in [1.165, 1.54) is 4.88 Å². The van der Waals surface area contributed by atoms with E-state index < -0.39 is 10.0 Å². The van der Waals surface area contributed by atoms with Gasteiger partial charge in [0.05, 0.1) is 5.75 Å². The highest BCUT2D eigenvalue weighted by Gasteiger charge is 2.24. The molecule has 0 saturated carbocycles. The Morgan fingerprint density at radius 3 is 2.58 bits per heavy atom. The highest BCUT2D eigenvalue weighted by atomic mass is 127. The molecule has 0 unspecified atom stereocenters. The molecule has 2 rings (SSSR count). The van der Waals surface area contributed by atoms with E-state index in [0.29, 0.717) is 25.6 Å². The predicted molar refractivity (Wildman–Crippen MR) is 125 cm³/mol. The van der Waals surface area contributed by atoms with Crippen molar-refractivity contribution in [2.75, 3.05) is 50.5 Å². The Morgan fingerprint density at radius 1 is 1.31 bits per heavy atom. The first-order valence-corrected chi connectivity index (χ1v) is 12.0. The number of aliphatic imine (C=N–C) groups is 1. The van der Waals surface area contributed by atoms with Crippen LogP contribution in [0.3, 0.4) is 0 Å². The molecule has 1 aliphatic rings. The SMILES string of the molecule is CN=C(NCCS(=O)(=O)N1CCSCC1)NCC(C)(C)c1cccs1.I. The van der Waals surface area contributed by atoms with Crippen LogP contribution in [0.25, 0.3) is 0 Å². The molecule has 10 heteroatoms. The lowest BCUT2D eigenvalue weighted by Gasteiger charge is -2.26. The molecule has 0 amide bonds. The minimum atomic E-state index is -3.19. The Labute approximate surface area is 182 Å². The van der Waals surface area contributed by atoms with Gasteiger partial charge in [-0.25, -0.2) is 12.7 Å². The Bertz CT molecular complexity index is 657. The van der Waals surface area contributed by atoms with Crippen LogP contribution >= 0.6 is 47.1 Å². The summed E-state index contributed by atoms with van der Waals surface area (Å²) in [5.41, 5.74) is -0.0106. The smallest absolute Gasteiger partial charge is 0.215 e. The van der Waals surface area contributed by atoms with Crippen molar-refractivity contribution in [2.45, 2.75) is 19.3 Å². The summed E-state index contributed by atoms with van der Waals surface area (Å²) >= 11 is 3.54. The molecule has 0 aliphatic carbocycles. The van der Waals surface area contributed by atoms with Gasteiger partial charge in [0, 0.05) is 55.0 Å². The van der Waals surface area contributed by atoms with Gasteiger partial charge in [-0.1, -0.05) is 19.9 Å². The van der Waals surface area contributed by atoms with Crippen molar-refractivity contribution in [3.05, 3.63) is 22.4 Å². The zero-order valence-corrected chi connectivity index (χ0v) is 20.3. The fraction of sp³-hybridized carbons (Fsp3) is 0.688. The van der Waals surface area contributed by atoms with Crippen molar-refractivity contribution in [3.63, 3.8) is 0 Å². The third-order valence-corrected chi connectivity index (χ3v) is 8.18. The third-order valence-electron chi connectivity index (χ3n) is 4.13. The Balaban J connectivity index is 0.00000338. The molecule has 2 heterocycles. The van der Waals surface area contributed by atoms with E-state index in [-0.39, 0.29) is 35.1 Å². The number of thioether (sulfide) groups is 1. The van der Waals surface area contributed by atoms with E-state index in [1.54, 1.807) is 34.5 Å². The summed E-state index contributed by atoms with van der Waals surface area (Å²) in [6.07, 6.45) is 0. The molecule has 1 fully saturated rings. The lowest BCUT2D eigenvalue weighted by atomic mass is 9.91. The summed E-state index contributed by atoms with van der Waals surface area (Å²) < 4.78 is 26.3. The van der Waals surface area contributed by atoms with Gasteiger partial charge >= 0.3 is 0 Å². The minimum Gasteiger partial charge on any atom is -0.356 e. The molecule has 0 aromatic carbocycles. The predicted octanol–water partition coefficient (Wildman–Crippen LogP) is 2.19. The van der Waals surface area contributed by atoms with Gasteiger partial charge < -0.3 is 10.6 Å². The first-order chi connectivity index (χ1) is 11.8. The maximum Gasteiger partial charge on any atom is 0.215 e. The third kappa shape index (κ3) is 7.17. The number of thiophene rings is 1. The number of nitrogens with one attached hydrogen (secondary N) is 2. The van der Waals surface area contributed by atoms with Gasteiger partial charge in [0.1, 0.15) is 0 Å². The summed E-state index contributed by atoms with van der Waals surface area (Å²) in [5, 5.41) is 8.49. The first kappa shape index (κ1) is 24.0. The molecular weight excluding hydrogens is 503 g/mol. The van der Waals surface area contributed by atoms with Crippen molar-refractivity contribution in [1.82, 2.24) is 14.9 Å². The lowest BCUT2D eigenvalue weighted by molar-refractivity contribution is 0.443. The van der Waals surface area contributed by atoms with Crippen molar-refractivity contribution >= 4 is 63.1 Å². The maximum absolute atomic E-state index is 12.3. The van der Waals surface area contributed by atoms with E-state index in [1.807, 2.05) is 0 Å². The van der Waals surface area contributed by atoms with E-state index in [0.717, 1.165) is 18.1 Å². The fourth-order valence-corrected chi connectivity index (χ4v) is 5.87. The average molecular weight is 533 g/mol. The lowest BCUT2D eigenvalue weighted by Crippen LogP contribution is -2.46. The minimum absolute atomic E-state index is 0. The van der Waals surface area contributed by atoms with Crippen LogP contribution in [0.5, 0.6) is 0 Å². The standard InChI is InChI=1S/C16H28N4O2S3.HI/c1-16(2,14-5-4-9-24-14)13-19-15(17-3)18-6-12-25(21,22)20-7-10-23-11-8-20;/h4-5,9H,6-8,10-13H2,1-3H3,(H2,17,18,19);1H. The zero-order valence-electron chi connectivity index (χ0n) is 15.5. The molecule has 1 aromatic heterocycles. The number of hydrogen-bond acceptors (Lipinski definition) is 5. The van der Waals surface area contributed by atoms with Crippen molar-refractivity contribution in [2.24, 2.45) is 4.99 Å². The van der Waals surface area contributed by atoms with Gasteiger partial charge in [-0.3, -0.25) is 4.99 Å². The van der Waals surface area contributed by atoms with E-state index in [4.69, 9.17) is 0 Å². The Morgan fingerprint density at radius 2 is 2.00 bits per heavy atom. The highest BCUT2D eigenvalue weighted by Crippen LogP contribution is 2.26. The number of halogens is 1. The highest BCUT2D eigenvalue weighted by molar-refractivity contribution is 14.0. The van der Waals surface area contributed by atoms with Gasteiger partial charge in [0.25, 0.3) is 0 Å². The van der Waals surface area contributed by atoms with Gasteiger partial charge in [-0.05, 0) is 11.4 Å².